The Morgan fingerprint density at radius 3 is 2.46 bits per heavy atom. The van der Waals surface area contributed by atoms with Crippen molar-refractivity contribution in [2.24, 2.45) is 5.92 Å². The van der Waals surface area contributed by atoms with E-state index in [1.165, 1.54) is 0 Å². The standard InChI is InChI=1S/C16H27BNO7P/c1-5-16(15(22)23)7-13(20)24-17(25-16)10(3)6-12(19)11(4)18-14(21)9(2)8-26/h9-11H,5-8,26H2,1-4H3,(H,18,21)(H,22,23)/t9?,10-,11?,16?/m1/s1. The number of amides is 1. The fourth-order valence-corrected chi connectivity index (χ4v) is 2.76. The van der Waals surface area contributed by atoms with Gasteiger partial charge in [0, 0.05) is 18.2 Å². The molecule has 0 aromatic heterocycles. The Hall–Kier alpha value is -1.47. The predicted octanol–water partition coefficient (Wildman–Crippen LogP) is 1.04. The highest BCUT2D eigenvalue weighted by Crippen LogP contribution is 2.32. The van der Waals surface area contributed by atoms with Gasteiger partial charge in [-0.3, -0.25) is 14.4 Å². The lowest BCUT2D eigenvalue weighted by molar-refractivity contribution is -0.171. The van der Waals surface area contributed by atoms with Crippen molar-refractivity contribution in [3.05, 3.63) is 0 Å². The van der Waals surface area contributed by atoms with Crippen molar-refractivity contribution >= 4 is 40.0 Å². The van der Waals surface area contributed by atoms with Gasteiger partial charge in [0.2, 0.25) is 5.91 Å². The molecule has 0 spiro atoms. The Labute approximate surface area is 156 Å². The third-order valence-corrected chi connectivity index (χ3v) is 5.32. The van der Waals surface area contributed by atoms with Crippen LogP contribution in [0.25, 0.3) is 0 Å². The second-order valence-corrected chi connectivity index (χ2v) is 7.29. The first-order valence-electron chi connectivity index (χ1n) is 8.70. The molecule has 8 nitrogen and oxygen atoms in total. The van der Waals surface area contributed by atoms with E-state index in [1.807, 2.05) is 0 Å². The molecule has 1 saturated heterocycles. The van der Waals surface area contributed by atoms with Crippen LogP contribution in [0.4, 0.5) is 0 Å². The molecule has 10 heteroatoms. The van der Waals surface area contributed by atoms with Crippen molar-refractivity contribution in [2.45, 2.75) is 64.4 Å². The molecule has 26 heavy (non-hydrogen) atoms. The third kappa shape index (κ3) is 5.51. The van der Waals surface area contributed by atoms with Crippen molar-refractivity contribution in [2.75, 3.05) is 6.16 Å². The molecular weight excluding hydrogens is 360 g/mol. The van der Waals surface area contributed by atoms with Crippen molar-refractivity contribution in [1.82, 2.24) is 5.32 Å². The highest BCUT2D eigenvalue weighted by Gasteiger charge is 2.51. The molecule has 0 saturated carbocycles. The fraction of sp³-hybridized carbons (Fsp3) is 0.750. The number of hydrogen-bond acceptors (Lipinski definition) is 6. The highest BCUT2D eigenvalue weighted by atomic mass is 31.0. The minimum Gasteiger partial charge on any atom is -0.509 e. The summed E-state index contributed by atoms with van der Waals surface area (Å²) < 4.78 is 10.7. The van der Waals surface area contributed by atoms with E-state index >= 15 is 0 Å². The Kier molecular flexibility index (Phi) is 8.22. The highest BCUT2D eigenvalue weighted by molar-refractivity contribution is 7.16. The van der Waals surface area contributed by atoms with Gasteiger partial charge in [-0.15, -0.1) is 9.24 Å². The molecule has 146 valence electrons. The molecular formula is C16H27BNO7P. The number of hydrogen-bond donors (Lipinski definition) is 2. The minimum absolute atomic E-state index is 0.0198. The van der Waals surface area contributed by atoms with Crippen molar-refractivity contribution in [1.29, 1.82) is 0 Å². The lowest BCUT2D eigenvalue weighted by Gasteiger charge is -2.36. The van der Waals surface area contributed by atoms with Crippen LogP contribution >= 0.6 is 9.24 Å². The van der Waals surface area contributed by atoms with Crippen LogP contribution in [0.5, 0.6) is 0 Å². The molecule has 0 radical (unpaired) electrons. The summed E-state index contributed by atoms with van der Waals surface area (Å²) in [4.78, 5) is 47.6. The molecule has 2 N–H and O–H groups in total. The number of Topliss-reactive ketones (excluding diaryl/α,β-unsaturated/α-hetero) is 1. The number of rotatable bonds is 9. The number of ketones is 1. The summed E-state index contributed by atoms with van der Waals surface area (Å²) >= 11 is 0. The van der Waals surface area contributed by atoms with E-state index in [-0.39, 0.29) is 36.9 Å². The summed E-state index contributed by atoms with van der Waals surface area (Å²) in [5, 5.41) is 12.1. The summed E-state index contributed by atoms with van der Waals surface area (Å²) in [7, 11) is 1.35. The quantitative estimate of drug-likeness (QED) is 0.448. The SMILES string of the molecule is CCC1(C(=O)O)CC(=O)OB([C@H](C)CC(=O)C(C)NC(=O)C(C)CP)O1. The zero-order chi connectivity index (χ0) is 20.1. The minimum atomic E-state index is -1.63. The average Bonchev–Trinajstić information content (AvgIpc) is 2.59. The Bertz CT molecular complexity index is 573. The van der Waals surface area contributed by atoms with Gasteiger partial charge in [-0.1, -0.05) is 20.8 Å². The lowest BCUT2D eigenvalue weighted by Crippen LogP contribution is -2.54. The smallest absolute Gasteiger partial charge is 0.509 e. The maximum atomic E-state index is 12.4. The molecule has 1 heterocycles. The largest absolute Gasteiger partial charge is 0.531 e. The van der Waals surface area contributed by atoms with Crippen LogP contribution in [0.15, 0.2) is 0 Å². The fourth-order valence-electron chi connectivity index (χ4n) is 2.54. The first-order valence-corrected chi connectivity index (χ1v) is 9.51. The average molecular weight is 387 g/mol. The van der Waals surface area contributed by atoms with Gasteiger partial charge in [-0.25, -0.2) is 4.79 Å². The molecule has 1 fully saturated rings. The Morgan fingerprint density at radius 1 is 1.35 bits per heavy atom. The zero-order valence-corrected chi connectivity index (χ0v) is 16.8. The van der Waals surface area contributed by atoms with E-state index in [0.717, 1.165) is 0 Å². The number of carbonyl (C=O) groups is 4. The van der Waals surface area contributed by atoms with Crippen LogP contribution in [-0.2, 0) is 28.5 Å². The molecule has 0 bridgehead atoms. The number of nitrogens with one attached hydrogen (secondary N) is 1. The van der Waals surface area contributed by atoms with Crippen molar-refractivity contribution in [3.63, 3.8) is 0 Å². The van der Waals surface area contributed by atoms with Crippen LogP contribution in [0.1, 0.15) is 47.0 Å². The molecule has 1 aliphatic rings. The van der Waals surface area contributed by atoms with Gasteiger partial charge in [0.25, 0.3) is 5.97 Å². The maximum absolute atomic E-state index is 12.4. The first-order chi connectivity index (χ1) is 12.1. The molecule has 1 aliphatic heterocycles. The Balaban J connectivity index is 2.72. The lowest BCUT2D eigenvalue weighted by atomic mass is 9.67. The van der Waals surface area contributed by atoms with E-state index in [4.69, 9.17) is 9.31 Å². The first kappa shape index (κ1) is 22.6. The predicted molar refractivity (Wildman–Crippen MR) is 98.6 cm³/mol. The number of carboxylic acids is 1. The van der Waals surface area contributed by atoms with Crippen molar-refractivity contribution < 1.29 is 33.6 Å². The summed E-state index contributed by atoms with van der Waals surface area (Å²) in [5.41, 5.74) is -1.63. The molecule has 0 aliphatic carbocycles. The summed E-state index contributed by atoms with van der Waals surface area (Å²) in [6.07, 6.45) is 0.306. The van der Waals surface area contributed by atoms with Gasteiger partial charge in [0.05, 0.1) is 12.5 Å². The molecule has 1 amide bonds. The molecule has 0 aromatic rings. The molecule has 5 atom stereocenters. The van der Waals surface area contributed by atoms with Gasteiger partial charge in [0.1, 0.15) is 0 Å². The van der Waals surface area contributed by atoms with Crippen LogP contribution in [-0.4, -0.2) is 53.7 Å². The second kappa shape index (κ2) is 9.46. The zero-order valence-electron chi connectivity index (χ0n) is 15.6. The van der Waals surface area contributed by atoms with E-state index in [0.29, 0.717) is 6.16 Å². The van der Waals surface area contributed by atoms with Gasteiger partial charge in [0.15, 0.2) is 11.4 Å². The second-order valence-electron chi connectivity index (χ2n) is 6.82. The number of aliphatic carboxylic acids is 1. The molecule has 1 rings (SSSR count). The van der Waals surface area contributed by atoms with Crippen LogP contribution in [0.2, 0.25) is 5.82 Å². The maximum Gasteiger partial charge on any atom is 0.531 e. The topological polar surface area (TPSA) is 119 Å². The summed E-state index contributed by atoms with van der Waals surface area (Å²) in [6, 6.07) is -0.696. The number of carbonyl (C=O) groups excluding carboxylic acids is 3. The van der Waals surface area contributed by atoms with Crippen LogP contribution < -0.4 is 5.32 Å². The molecule has 4 unspecified atom stereocenters. The van der Waals surface area contributed by atoms with Crippen molar-refractivity contribution in [3.8, 4) is 0 Å². The summed E-state index contributed by atoms with van der Waals surface area (Å²) in [5.74, 6) is -3.13. The van der Waals surface area contributed by atoms with Crippen LogP contribution in [0.3, 0.4) is 0 Å². The monoisotopic (exact) mass is 387 g/mol. The van der Waals surface area contributed by atoms with Gasteiger partial charge in [-0.2, -0.15) is 0 Å². The van der Waals surface area contributed by atoms with E-state index < -0.39 is 36.5 Å². The molecule has 0 aromatic carbocycles. The van der Waals surface area contributed by atoms with Gasteiger partial charge in [-0.05, 0) is 19.5 Å². The summed E-state index contributed by atoms with van der Waals surface area (Å²) in [6.45, 7) is 6.60. The van der Waals surface area contributed by atoms with Gasteiger partial charge >= 0.3 is 13.1 Å². The van der Waals surface area contributed by atoms with Gasteiger partial charge < -0.3 is 19.7 Å². The van der Waals surface area contributed by atoms with E-state index in [2.05, 4.69) is 14.6 Å². The normalized spacial score (nSPS) is 23.6. The van der Waals surface area contributed by atoms with E-state index in [9.17, 15) is 24.3 Å². The van der Waals surface area contributed by atoms with Crippen LogP contribution in [0, 0.1) is 5.92 Å². The van der Waals surface area contributed by atoms with E-state index in [1.54, 1.807) is 27.7 Å². The Morgan fingerprint density at radius 2 is 1.96 bits per heavy atom. The number of carboxylic acid groups (broad SMARTS) is 1. The third-order valence-electron chi connectivity index (χ3n) is 4.61.